The molecule has 0 bridgehead atoms. The topological polar surface area (TPSA) is 49.8 Å². The molecule has 1 aromatic carbocycles. The number of carbonyl (C=O) groups excluding carboxylic acids is 1. The van der Waals surface area contributed by atoms with Crippen LogP contribution in [0.5, 0.6) is 5.75 Å². The Hall–Kier alpha value is -1.55. The van der Waals surface area contributed by atoms with Gasteiger partial charge in [0.1, 0.15) is 5.75 Å². The van der Waals surface area contributed by atoms with Gasteiger partial charge in [0.05, 0.1) is 18.8 Å². The van der Waals surface area contributed by atoms with Crippen LogP contribution >= 0.6 is 0 Å². The summed E-state index contributed by atoms with van der Waals surface area (Å²) in [6, 6.07) is 7.87. The first-order valence-corrected chi connectivity index (χ1v) is 9.25. The molecule has 1 amide bonds. The number of para-hydroxylation sites is 1. The van der Waals surface area contributed by atoms with E-state index in [-0.39, 0.29) is 17.9 Å². The number of amides is 1. The molecule has 2 aliphatic rings. The Morgan fingerprint density at radius 2 is 2.12 bits per heavy atom. The highest BCUT2D eigenvalue weighted by Crippen LogP contribution is 2.50. The van der Waals surface area contributed by atoms with Crippen LogP contribution in [0, 0.1) is 5.92 Å². The number of fused-ring (bicyclic) bond motifs is 1. The number of hydrogen-bond donors (Lipinski definition) is 1. The normalized spacial score (nSPS) is 29.9. The van der Waals surface area contributed by atoms with Gasteiger partial charge in [-0.1, -0.05) is 38.0 Å². The molecule has 0 radical (unpaired) electrons. The third-order valence-electron chi connectivity index (χ3n) is 5.81. The lowest BCUT2D eigenvalue weighted by atomic mass is 9.66. The van der Waals surface area contributed by atoms with E-state index in [2.05, 4.69) is 6.07 Å². The van der Waals surface area contributed by atoms with E-state index in [0.29, 0.717) is 19.4 Å². The van der Waals surface area contributed by atoms with Gasteiger partial charge in [0.2, 0.25) is 5.91 Å². The van der Waals surface area contributed by atoms with Crippen molar-refractivity contribution in [2.45, 2.75) is 63.5 Å². The number of carbonyl (C=O) groups is 1. The Kier molecular flexibility index (Phi) is 5.14. The van der Waals surface area contributed by atoms with Gasteiger partial charge in [-0.15, -0.1) is 0 Å². The summed E-state index contributed by atoms with van der Waals surface area (Å²) in [5.41, 5.74) is 0.390. The molecule has 2 fully saturated rings. The van der Waals surface area contributed by atoms with Gasteiger partial charge in [-0.05, 0) is 31.7 Å². The quantitative estimate of drug-likeness (QED) is 0.915. The lowest BCUT2D eigenvalue weighted by Gasteiger charge is -2.52. The maximum Gasteiger partial charge on any atom is 0.223 e. The molecule has 1 heterocycles. The number of rotatable bonds is 4. The smallest absolute Gasteiger partial charge is 0.223 e. The van der Waals surface area contributed by atoms with E-state index in [9.17, 15) is 9.90 Å². The van der Waals surface area contributed by atoms with Gasteiger partial charge >= 0.3 is 0 Å². The molecule has 0 spiro atoms. The van der Waals surface area contributed by atoms with Gasteiger partial charge in [-0.2, -0.15) is 0 Å². The van der Waals surface area contributed by atoms with Crippen LogP contribution in [0.25, 0.3) is 0 Å². The second-order valence-corrected chi connectivity index (χ2v) is 7.23. The number of nitrogens with zero attached hydrogens (tertiary/aromatic N) is 1. The first kappa shape index (κ1) is 17.3. The zero-order chi connectivity index (χ0) is 17.2. The summed E-state index contributed by atoms with van der Waals surface area (Å²) in [5, 5.41) is 11.2. The van der Waals surface area contributed by atoms with Crippen LogP contribution in [-0.2, 0) is 4.79 Å². The van der Waals surface area contributed by atoms with Crippen molar-refractivity contribution in [3.8, 4) is 5.75 Å². The van der Waals surface area contributed by atoms with Gasteiger partial charge in [0.15, 0.2) is 0 Å². The Morgan fingerprint density at radius 1 is 1.33 bits per heavy atom. The number of likely N-dealkylation sites (tertiary alicyclic amines) is 1. The lowest BCUT2D eigenvalue weighted by Crippen LogP contribution is -2.56. The van der Waals surface area contributed by atoms with E-state index in [4.69, 9.17) is 4.74 Å². The predicted octanol–water partition coefficient (Wildman–Crippen LogP) is 3.69. The molecule has 3 rings (SSSR count). The second-order valence-electron chi connectivity index (χ2n) is 7.23. The summed E-state index contributed by atoms with van der Waals surface area (Å²) in [6.45, 7) is 2.67. The molecule has 1 aliphatic carbocycles. The van der Waals surface area contributed by atoms with E-state index in [0.717, 1.165) is 43.4 Å². The SMILES string of the molecule is CCCC(=O)N1CC[C@]2(O)CCCC[C@@H]2[C@@H]1c1ccccc1OC. The van der Waals surface area contributed by atoms with Gasteiger partial charge < -0.3 is 14.7 Å². The molecular weight excluding hydrogens is 302 g/mol. The number of methoxy groups -OCH3 is 1. The minimum Gasteiger partial charge on any atom is -0.496 e. The number of hydrogen-bond acceptors (Lipinski definition) is 3. The van der Waals surface area contributed by atoms with Crippen molar-refractivity contribution in [1.82, 2.24) is 4.90 Å². The average molecular weight is 331 g/mol. The van der Waals surface area contributed by atoms with E-state index in [1.54, 1.807) is 7.11 Å². The molecule has 0 aromatic heterocycles. The Balaban J connectivity index is 2.03. The summed E-state index contributed by atoms with van der Waals surface area (Å²) < 4.78 is 5.58. The lowest BCUT2D eigenvalue weighted by molar-refractivity contribution is -0.155. The van der Waals surface area contributed by atoms with E-state index in [1.165, 1.54) is 0 Å². The molecule has 1 aliphatic heterocycles. The van der Waals surface area contributed by atoms with Crippen molar-refractivity contribution in [2.24, 2.45) is 5.92 Å². The van der Waals surface area contributed by atoms with Crippen molar-refractivity contribution >= 4 is 5.91 Å². The van der Waals surface area contributed by atoms with Crippen LogP contribution < -0.4 is 4.74 Å². The predicted molar refractivity (Wildman–Crippen MR) is 93.9 cm³/mol. The number of aliphatic hydroxyl groups is 1. The number of benzene rings is 1. The fourth-order valence-electron chi connectivity index (χ4n) is 4.61. The molecule has 132 valence electrons. The maximum atomic E-state index is 12.8. The minimum atomic E-state index is -0.646. The highest BCUT2D eigenvalue weighted by molar-refractivity contribution is 5.77. The second kappa shape index (κ2) is 7.14. The van der Waals surface area contributed by atoms with Gasteiger partial charge in [0, 0.05) is 24.4 Å². The molecule has 0 unspecified atom stereocenters. The van der Waals surface area contributed by atoms with Crippen LogP contribution in [0.4, 0.5) is 0 Å². The van der Waals surface area contributed by atoms with Crippen LogP contribution in [0.2, 0.25) is 0 Å². The molecule has 3 atom stereocenters. The first-order chi connectivity index (χ1) is 11.6. The van der Waals surface area contributed by atoms with Crippen molar-refractivity contribution < 1.29 is 14.6 Å². The maximum absolute atomic E-state index is 12.8. The molecule has 1 saturated carbocycles. The summed E-state index contributed by atoms with van der Waals surface area (Å²) in [5.74, 6) is 1.10. The zero-order valence-corrected chi connectivity index (χ0v) is 14.8. The van der Waals surface area contributed by atoms with Crippen molar-refractivity contribution in [2.75, 3.05) is 13.7 Å². The van der Waals surface area contributed by atoms with Crippen molar-refractivity contribution in [3.05, 3.63) is 29.8 Å². The van der Waals surface area contributed by atoms with Crippen molar-refractivity contribution in [3.63, 3.8) is 0 Å². The fraction of sp³-hybridized carbons (Fsp3) is 0.650. The summed E-state index contributed by atoms with van der Waals surface area (Å²) in [4.78, 5) is 14.8. The molecule has 24 heavy (non-hydrogen) atoms. The van der Waals surface area contributed by atoms with Gasteiger partial charge in [-0.3, -0.25) is 4.79 Å². The van der Waals surface area contributed by atoms with E-state index >= 15 is 0 Å². The Labute approximate surface area is 144 Å². The third kappa shape index (κ3) is 3.04. The van der Waals surface area contributed by atoms with E-state index < -0.39 is 5.60 Å². The highest BCUT2D eigenvalue weighted by atomic mass is 16.5. The van der Waals surface area contributed by atoms with E-state index in [1.807, 2.05) is 30.0 Å². The average Bonchev–Trinajstić information content (AvgIpc) is 2.60. The molecule has 4 nitrogen and oxygen atoms in total. The van der Waals surface area contributed by atoms with Crippen LogP contribution in [-0.4, -0.2) is 35.2 Å². The van der Waals surface area contributed by atoms with Gasteiger partial charge in [-0.25, -0.2) is 0 Å². The van der Waals surface area contributed by atoms with Crippen molar-refractivity contribution in [1.29, 1.82) is 0 Å². The van der Waals surface area contributed by atoms with Crippen LogP contribution in [0.3, 0.4) is 0 Å². The standard InChI is InChI=1S/C20H29NO3/c1-3-8-18(22)21-14-13-20(23)12-7-6-10-16(20)19(21)15-9-4-5-11-17(15)24-2/h4-5,9,11,16,19,23H,3,6-8,10,12-14H2,1-2H3/t16-,19+,20-/m1/s1. The molecule has 1 aromatic rings. The fourth-order valence-corrected chi connectivity index (χ4v) is 4.61. The summed E-state index contributed by atoms with van der Waals surface area (Å²) in [6.07, 6.45) is 6.12. The molecule has 1 N–H and O–H groups in total. The summed E-state index contributed by atoms with van der Waals surface area (Å²) in [7, 11) is 1.67. The largest absolute Gasteiger partial charge is 0.496 e. The number of ether oxygens (including phenoxy) is 1. The molecule has 4 heteroatoms. The number of piperidine rings is 1. The van der Waals surface area contributed by atoms with Gasteiger partial charge in [0.25, 0.3) is 0 Å². The highest BCUT2D eigenvalue weighted by Gasteiger charge is 2.50. The first-order valence-electron chi connectivity index (χ1n) is 9.25. The molecule has 1 saturated heterocycles. The monoisotopic (exact) mass is 331 g/mol. The zero-order valence-electron chi connectivity index (χ0n) is 14.8. The summed E-state index contributed by atoms with van der Waals surface area (Å²) >= 11 is 0. The Bertz CT molecular complexity index is 588. The minimum absolute atomic E-state index is 0.0840. The van der Waals surface area contributed by atoms with Crippen LogP contribution in [0.15, 0.2) is 24.3 Å². The Morgan fingerprint density at radius 3 is 2.88 bits per heavy atom. The molecular formula is C20H29NO3. The van der Waals surface area contributed by atoms with Crippen LogP contribution in [0.1, 0.15) is 63.5 Å². The third-order valence-corrected chi connectivity index (χ3v) is 5.81.